The Morgan fingerprint density at radius 3 is 2.67 bits per heavy atom. The molecule has 0 unspecified atom stereocenters. The van der Waals surface area contributed by atoms with Crippen molar-refractivity contribution in [1.82, 2.24) is 0 Å². The molecule has 0 amide bonds. The Labute approximate surface area is 86.2 Å². The molecule has 15 heavy (non-hydrogen) atoms. The van der Waals surface area contributed by atoms with Crippen molar-refractivity contribution in [2.75, 3.05) is 0 Å². The predicted octanol–water partition coefficient (Wildman–Crippen LogP) is 3.70. The van der Waals surface area contributed by atoms with Gasteiger partial charge in [-0.25, -0.2) is 0 Å². The molecule has 0 spiro atoms. The lowest BCUT2D eigenvalue weighted by Crippen LogP contribution is -2.17. The first-order valence-electron chi connectivity index (χ1n) is 4.47. The summed E-state index contributed by atoms with van der Waals surface area (Å²) in [5.74, 6) is -0.177. The van der Waals surface area contributed by atoms with Crippen LogP contribution >= 0.6 is 0 Å². The van der Waals surface area contributed by atoms with Crippen LogP contribution in [0.1, 0.15) is 12.0 Å². The van der Waals surface area contributed by atoms with E-state index >= 15 is 0 Å². The average Bonchev–Trinajstić information content (AvgIpc) is 2.12. The molecule has 1 rings (SSSR count). The minimum Gasteiger partial charge on any atom is -0.406 e. The zero-order valence-corrected chi connectivity index (χ0v) is 8.05. The van der Waals surface area contributed by atoms with E-state index in [0.29, 0.717) is 6.42 Å². The summed E-state index contributed by atoms with van der Waals surface area (Å²) >= 11 is 0. The fraction of sp³-hybridized carbons (Fsp3) is 0.273. The van der Waals surface area contributed by atoms with Gasteiger partial charge >= 0.3 is 6.36 Å². The maximum Gasteiger partial charge on any atom is 0.573 e. The highest BCUT2D eigenvalue weighted by molar-refractivity contribution is 5.28. The second-order valence-electron chi connectivity index (χ2n) is 3.02. The largest absolute Gasteiger partial charge is 0.573 e. The molecule has 0 aliphatic heterocycles. The molecule has 0 aromatic heterocycles. The van der Waals surface area contributed by atoms with Gasteiger partial charge in [0.05, 0.1) is 0 Å². The highest BCUT2D eigenvalue weighted by Gasteiger charge is 2.30. The number of rotatable bonds is 4. The molecule has 4 heteroatoms. The first-order chi connectivity index (χ1) is 7.01. The summed E-state index contributed by atoms with van der Waals surface area (Å²) in [6.07, 6.45) is -1.51. The SMILES string of the molecule is C=CCCc1cccc(OC(F)(F)F)c1. The lowest BCUT2D eigenvalue weighted by molar-refractivity contribution is -0.274. The molecule has 0 aliphatic carbocycles. The van der Waals surface area contributed by atoms with Crippen molar-refractivity contribution in [2.24, 2.45) is 0 Å². The molecule has 82 valence electrons. The Bertz CT molecular complexity index is 331. The van der Waals surface area contributed by atoms with Crippen LogP contribution in [-0.4, -0.2) is 6.36 Å². The van der Waals surface area contributed by atoms with Gasteiger partial charge in [-0.1, -0.05) is 18.2 Å². The standard InChI is InChI=1S/C11H11F3O/c1-2-3-5-9-6-4-7-10(8-9)15-11(12,13)14/h2,4,6-8H,1,3,5H2. The second-order valence-corrected chi connectivity index (χ2v) is 3.02. The minimum atomic E-state index is -4.63. The Morgan fingerprint density at radius 2 is 2.07 bits per heavy atom. The maximum absolute atomic E-state index is 11.9. The number of allylic oxidation sites excluding steroid dienone is 1. The normalized spacial score (nSPS) is 11.1. The van der Waals surface area contributed by atoms with Crippen LogP contribution in [0, 0.1) is 0 Å². The van der Waals surface area contributed by atoms with Crippen LogP contribution in [0.2, 0.25) is 0 Å². The van der Waals surface area contributed by atoms with Crippen molar-refractivity contribution in [3.05, 3.63) is 42.5 Å². The maximum atomic E-state index is 11.9. The van der Waals surface area contributed by atoms with E-state index < -0.39 is 6.36 Å². The zero-order chi connectivity index (χ0) is 11.3. The number of ether oxygens (including phenoxy) is 1. The molecule has 0 bridgehead atoms. The van der Waals surface area contributed by atoms with E-state index in [-0.39, 0.29) is 5.75 Å². The van der Waals surface area contributed by atoms with Crippen LogP contribution in [-0.2, 0) is 6.42 Å². The zero-order valence-electron chi connectivity index (χ0n) is 8.05. The molecule has 0 N–H and O–H groups in total. The Morgan fingerprint density at radius 1 is 1.33 bits per heavy atom. The number of hydrogen-bond acceptors (Lipinski definition) is 1. The topological polar surface area (TPSA) is 9.23 Å². The van der Waals surface area contributed by atoms with Crippen LogP contribution in [0.4, 0.5) is 13.2 Å². The average molecular weight is 216 g/mol. The van der Waals surface area contributed by atoms with Gasteiger partial charge in [-0.3, -0.25) is 0 Å². The molecule has 0 radical (unpaired) electrons. The van der Waals surface area contributed by atoms with Crippen LogP contribution in [0.15, 0.2) is 36.9 Å². The molecule has 0 aliphatic rings. The van der Waals surface area contributed by atoms with Gasteiger partial charge in [0.15, 0.2) is 0 Å². The number of hydrogen-bond donors (Lipinski definition) is 0. The number of benzene rings is 1. The van der Waals surface area contributed by atoms with Crippen molar-refractivity contribution in [1.29, 1.82) is 0 Å². The fourth-order valence-electron chi connectivity index (χ4n) is 1.17. The van der Waals surface area contributed by atoms with Crippen LogP contribution < -0.4 is 4.74 Å². The molecule has 0 saturated carbocycles. The van der Waals surface area contributed by atoms with Gasteiger partial charge < -0.3 is 4.74 Å². The van der Waals surface area contributed by atoms with Gasteiger partial charge in [0.1, 0.15) is 5.75 Å². The summed E-state index contributed by atoms with van der Waals surface area (Å²) in [5.41, 5.74) is 0.802. The summed E-state index contributed by atoms with van der Waals surface area (Å²) in [6.45, 7) is 3.55. The lowest BCUT2D eigenvalue weighted by Gasteiger charge is -2.09. The second kappa shape index (κ2) is 4.87. The van der Waals surface area contributed by atoms with Crippen molar-refractivity contribution in [2.45, 2.75) is 19.2 Å². The fourth-order valence-corrected chi connectivity index (χ4v) is 1.17. The van der Waals surface area contributed by atoms with Crippen LogP contribution in [0.5, 0.6) is 5.75 Å². The van der Waals surface area contributed by atoms with E-state index in [9.17, 15) is 13.2 Å². The predicted molar refractivity (Wildman–Crippen MR) is 51.6 cm³/mol. The van der Waals surface area contributed by atoms with Crippen LogP contribution in [0.3, 0.4) is 0 Å². The molecule has 0 atom stereocenters. The first-order valence-corrected chi connectivity index (χ1v) is 4.47. The molecule has 1 nitrogen and oxygen atoms in total. The monoisotopic (exact) mass is 216 g/mol. The molecule has 0 fully saturated rings. The van der Waals surface area contributed by atoms with Gasteiger partial charge in [0.2, 0.25) is 0 Å². The number of aryl methyl sites for hydroxylation is 1. The highest BCUT2D eigenvalue weighted by Crippen LogP contribution is 2.23. The highest BCUT2D eigenvalue weighted by atomic mass is 19.4. The summed E-state index contributed by atoms with van der Waals surface area (Å²) in [6, 6.07) is 5.97. The van der Waals surface area contributed by atoms with Crippen molar-refractivity contribution >= 4 is 0 Å². The molecule has 0 heterocycles. The lowest BCUT2D eigenvalue weighted by atomic mass is 10.1. The van der Waals surface area contributed by atoms with E-state index in [4.69, 9.17) is 0 Å². The van der Waals surface area contributed by atoms with E-state index in [0.717, 1.165) is 12.0 Å². The Kier molecular flexibility index (Phi) is 3.77. The summed E-state index contributed by atoms with van der Waals surface area (Å²) in [4.78, 5) is 0. The van der Waals surface area contributed by atoms with E-state index in [2.05, 4.69) is 11.3 Å². The van der Waals surface area contributed by atoms with E-state index in [1.54, 1.807) is 18.2 Å². The summed E-state index contributed by atoms with van der Waals surface area (Å²) in [7, 11) is 0. The quantitative estimate of drug-likeness (QED) is 0.697. The van der Waals surface area contributed by atoms with Gasteiger partial charge in [0.25, 0.3) is 0 Å². The smallest absolute Gasteiger partial charge is 0.406 e. The van der Waals surface area contributed by atoms with E-state index in [1.807, 2.05) is 0 Å². The Hall–Kier alpha value is -1.45. The van der Waals surface area contributed by atoms with Gasteiger partial charge in [-0.15, -0.1) is 19.8 Å². The number of halogens is 3. The van der Waals surface area contributed by atoms with Gasteiger partial charge in [-0.05, 0) is 30.5 Å². The third-order valence-corrected chi connectivity index (χ3v) is 1.77. The summed E-state index contributed by atoms with van der Waals surface area (Å²) in [5, 5.41) is 0. The first kappa shape index (κ1) is 11.6. The summed E-state index contributed by atoms with van der Waals surface area (Å²) < 4.78 is 39.5. The van der Waals surface area contributed by atoms with Gasteiger partial charge in [-0.2, -0.15) is 0 Å². The molecular formula is C11H11F3O. The third-order valence-electron chi connectivity index (χ3n) is 1.77. The molecular weight excluding hydrogens is 205 g/mol. The third kappa shape index (κ3) is 4.54. The molecule has 1 aromatic rings. The Balaban J connectivity index is 2.69. The number of alkyl halides is 3. The molecule has 0 saturated heterocycles. The van der Waals surface area contributed by atoms with Gasteiger partial charge in [0, 0.05) is 0 Å². The van der Waals surface area contributed by atoms with Crippen molar-refractivity contribution in [3.8, 4) is 5.75 Å². The van der Waals surface area contributed by atoms with E-state index in [1.165, 1.54) is 12.1 Å². The van der Waals surface area contributed by atoms with Crippen molar-refractivity contribution in [3.63, 3.8) is 0 Å². The minimum absolute atomic E-state index is 0.177. The van der Waals surface area contributed by atoms with Crippen LogP contribution in [0.25, 0.3) is 0 Å². The van der Waals surface area contributed by atoms with Crippen molar-refractivity contribution < 1.29 is 17.9 Å². The molecule has 1 aromatic carbocycles.